The molecule has 0 saturated heterocycles. The number of esters is 1. The minimum absolute atomic E-state index is 0.0370. The molecule has 2 aromatic rings. The van der Waals surface area contributed by atoms with Crippen LogP contribution in [-0.4, -0.2) is 58.8 Å². The molecule has 0 spiro atoms. The predicted octanol–water partition coefficient (Wildman–Crippen LogP) is 3.37. The lowest BCUT2D eigenvalue weighted by Gasteiger charge is -2.24. The zero-order valence-electron chi connectivity index (χ0n) is 25.3. The van der Waals surface area contributed by atoms with Crippen molar-refractivity contribution in [3.63, 3.8) is 0 Å². The first-order valence-electron chi connectivity index (χ1n) is 14.0. The number of aryl methyl sites for hydroxylation is 1. The first-order valence-corrected chi connectivity index (χ1v) is 14.0. The van der Waals surface area contributed by atoms with Crippen molar-refractivity contribution in [3.8, 4) is 28.4 Å². The molecule has 0 unspecified atom stereocenters. The monoisotopic (exact) mass is 583 g/mol. The van der Waals surface area contributed by atoms with Gasteiger partial charge in [-0.1, -0.05) is 26.3 Å². The van der Waals surface area contributed by atoms with E-state index in [9.17, 15) is 19.2 Å². The van der Waals surface area contributed by atoms with Gasteiger partial charge in [-0.2, -0.15) is 0 Å². The summed E-state index contributed by atoms with van der Waals surface area (Å²) < 4.78 is 21.7. The molecular weight excluding hydrogens is 542 g/mol. The average molecular weight is 584 g/mol. The molecule has 0 radical (unpaired) electrons. The van der Waals surface area contributed by atoms with Crippen molar-refractivity contribution in [2.24, 2.45) is 5.92 Å². The van der Waals surface area contributed by atoms with Crippen LogP contribution in [0.15, 0.2) is 29.1 Å². The number of methoxy groups -OCH3 is 4. The van der Waals surface area contributed by atoms with Gasteiger partial charge < -0.3 is 34.9 Å². The van der Waals surface area contributed by atoms with E-state index in [-0.39, 0.29) is 41.8 Å². The first-order chi connectivity index (χ1) is 20.1. The van der Waals surface area contributed by atoms with E-state index in [0.29, 0.717) is 47.6 Å². The molecule has 0 aromatic heterocycles. The van der Waals surface area contributed by atoms with Crippen LogP contribution in [0.1, 0.15) is 57.2 Å². The SMILES string of the molecule is CC[C@@H](C)[C@H](Nc1ccc2c(cc1=O)[C@@H](NC(C)=O)CCc1cc(OC)c(OC)c(OC)c1-2)C(=O)NCCC(=O)OC. The van der Waals surface area contributed by atoms with Crippen LogP contribution in [-0.2, 0) is 25.5 Å². The van der Waals surface area contributed by atoms with E-state index in [1.54, 1.807) is 19.2 Å². The average Bonchev–Trinajstić information content (AvgIpc) is 3.22. The van der Waals surface area contributed by atoms with E-state index in [2.05, 4.69) is 20.7 Å². The summed E-state index contributed by atoms with van der Waals surface area (Å²) in [6.45, 7) is 5.42. The third kappa shape index (κ3) is 7.13. The maximum Gasteiger partial charge on any atom is 0.307 e. The molecule has 0 fully saturated rings. The fourth-order valence-electron chi connectivity index (χ4n) is 5.20. The van der Waals surface area contributed by atoms with E-state index in [1.807, 2.05) is 19.9 Å². The predicted molar refractivity (Wildman–Crippen MR) is 159 cm³/mol. The Kier molecular flexibility index (Phi) is 11.2. The van der Waals surface area contributed by atoms with Gasteiger partial charge in [-0.05, 0) is 53.6 Å². The summed E-state index contributed by atoms with van der Waals surface area (Å²) in [5, 5.41) is 8.90. The van der Waals surface area contributed by atoms with Crippen molar-refractivity contribution in [3.05, 3.63) is 45.6 Å². The number of hydrogen-bond acceptors (Lipinski definition) is 9. The molecule has 11 heteroatoms. The number of amides is 2. The molecule has 3 rings (SSSR count). The Bertz CT molecular complexity index is 1380. The van der Waals surface area contributed by atoms with Crippen molar-refractivity contribution in [1.82, 2.24) is 10.6 Å². The second-order valence-electron chi connectivity index (χ2n) is 10.2. The van der Waals surface area contributed by atoms with Crippen LogP contribution in [0.4, 0.5) is 5.69 Å². The van der Waals surface area contributed by atoms with Crippen molar-refractivity contribution in [2.45, 2.75) is 58.5 Å². The van der Waals surface area contributed by atoms with Gasteiger partial charge >= 0.3 is 5.97 Å². The zero-order chi connectivity index (χ0) is 31.0. The lowest BCUT2D eigenvalue weighted by molar-refractivity contribution is -0.140. The molecular formula is C31H41N3O8. The van der Waals surface area contributed by atoms with Crippen LogP contribution in [0.2, 0.25) is 0 Å². The number of carbonyl (C=O) groups excluding carboxylic acids is 3. The minimum Gasteiger partial charge on any atom is -0.493 e. The molecule has 3 N–H and O–H groups in total. The molecule has 2 amide bonds. The highest BCUT2D eigenvalue weighted by molar-refractivity contribution is 5.86. The Balaban J connectivity index is 2.17. The minimum atomic E-state index is -0.736. The quantitative estimate of drug-likeness (QED) is 0.321. The van der Waals surface area contributed by atoms with Gasteiger partial charge in [0, 0.05) is 19.0 Å². The lowest BCUT2D eigenvalue weighted by atomic mass is 9.95. The molecule has 42 heavy (non-hydrogen) atoms. The van der Waals surface area contributed by atoms with Gasteiger partial charge in [0.2, 0.25) is 23.0 Å². The van der Waals surface area contributed by atoms with Crippen LogP contribution < -0.4 is 35.6 Å². The number of anilines is 1. The van der Waals surface area contributed by atoms with E-state index in [0.717, 1.165) is 11.1 Å². The Hall–Kier alpha value is -4.28. The van der Waals surface area contributed by atoms with Crippen LogP contribution in [0.5, 0.6) is 17.2 Å². The molecule has 11 nitrogen and oxygen atoms in total. The number of benzene rings is 1. The Morgan fingerprint density at radius 1 is 1.02 bits per heavy atom. The molecule has 228 valence electrons. The third-order valence-corrected chi connectivity index (χ3v) is 7.58. The fraction of sp³-hybridized carbons (Fsp3) is 0.484. The number of carbonyl (C=O) groups is 3. The van der Waals surface area contributed by atoms with Crippen LogP contribution in [0, 0.1) is 5.92 Å². The Morgan fingerprint density at radius 3 is 2.33 bits per heavy atom. The first kappa shape index (κ1) is 32.2. The lowest BCUT2D eigenvalue weighted by Crippen LogP contribution is -2.45. The smallest absolute Gasteiger partial charge is 0.307 e. The van der Waals surface area contributed by atoms with Gasteiger partial charge in [-0.25, -0.2) is 0 Å². The number of nitrogens with one attached hydrogen (secondary N) is 3. The van der Waals surface area contributed by atoms with E-state index < -0.39 is 18.1 Å². The highest BCUT2D eigenvalue weighted by Gasteiger charge is 2.30. The Labute approximate surface area is 246 Å². The fourth-order valence-corrected chi connectivity index (χ4v) is 5.20. The van der Waals surface area contributed by atoms with Crippen molar-refractivity contribution < 1.29 is 33.3 Å². The number of rotatable bonds is 12. The zero-order valence-corrected chi connectivity index (χ0v) is 25.3. The van der Waals surface area contributed by atoms with Gasteiger partial charge in [0.15, 0.2) is 11.5 Å². The molecule has 1 aliphatic carbocycles. The summed E-state index contributed by atoms with van der Waals surface area (Å²) in [6, 6.07) is 5.65. The maximum atomic E-state index is 13.7. The van der Waals surface area contributed by atoms with Gasteiger partial charge in [0.25, 0.3) is 0 Å². The molecule has 0 bridgehead atoms. The highest BCUT2D eigenvalue weighted by atomic mass is 16.5. The topological polar surface area (TPSA) is 141 Å². The van der Waals surface area contributed by atoms with E-state index in [1.165, 1.54) is 34.3 Å². The van der Waals surface area contributed by atoms with E-state index >= 15 is 0 Å². The van der Waals surface area contributed by atoms with Crippen molar-refractivity contribution >= 4 is 23.5 Å². The van der Waals surface area contributed by atoms with Gasteiger partial charge in [-0.15, -0.1) is 0 Å². The van der Waals surface area contributed by atoms with Crippen molar-refractivity contribution in [2.75, 3.05) is 40.3 Å². The second-order valence-corrected chi connectivity index (χ2v) is 10.2. The van der Waals surface area contributed by atoms with Crippen LogP contribution in [0.3, 0.4) is 0 Å². The molecule has 2 aromatic carbocycles. The van der Waals surface area contributed by atoms with Crippen molar-refractivity contribution in [1.29, 1.82) is 0 Å². The highest BCUT2D eigenvalue weighted by Crippen LogP contribution is 2.50. The second kappa shape index (κ2) is 14.6. The summed E-state index contributed by atoms with van der Waals surface area (Å²) in [7, 11) is 5.91. The number of ether oxygens (including phenoxy) is 4. The molecule has 0 saturated carbocycles. The molecule has 1 aliphatic rings. The van der Waals surface area contributed by atoms with Gasteiger partial charge in [-0.3, -0.25) is 19.2 Å². The third-order valence-electron chi connectivity index (χ3n) is 7.58. The normalized spacial score (nSPS) is 15.1. The summed E-state index contributed by atoms with van der Waals surface area (Å²) >= 11 is 0. The van der Waals surface area contributed by atoms with Gasteiger partial charge in [0.05, 0.1) is 46.6 Å². The summed E-state index contributed by atoms with van der Waals surface area (Å²) in [5.41, 5.74) is 2.83. The summed E-state index contributed by atoms with van der Waals surface area (Å²) in [5.74, 6) is 0.255. The summed E-state index contributed by atoms with van der Waals surface area (Å²) in [4.78, 5) is 50.5. The largest absolute Gasteiger partial charge is 0.493 e. The molecule has 0 aliphatic heterocycles. The number of fused-ring (bicyclic) bond motifs is 3. The Morgan fingerprint density at radius 2 is 1.74 bits per heavy atom. The van der Waals surface area contributed by atoms with Gasteiger partial charge in [0.1, 0.15) is 6.04 Å². The molecule has 3 atom stereocenters. The standard InChI is InChI=1S/C31H41N3O8/c1-8-17(2)28(31(38)32-14-13-26(37)40-5)34-23-12-10-20-21(16-24(23)36)22(33-18(3)35)11-9-19-15-25(39-4)29(41-6)30(42-7)27(19)20/h10,12,15-17,22,28H,8-9,11,13-14H2,1-7H3,(H,32,38)(H,33,35)(H,34,36)/t17-,22+,28+/m1/s1. The van der Waals surface area contributed by atoms with E-state index in [4.69, 9.17) is 14.2 Å². The molecule has 0 heterocycles. The maximum absolute atomic E-state index is 13.7. The summed E-state index contributed by atoms with van der Waals surface area (Å²) in [6.07, 6.45) is 1.82. The number of hydrogen-bond donors (Lipinski definition) is 3. The van der Waals surface area contributed by atoms with Crippen LogP contribution >= 0.6 is 0 Å². The van der Waals surface area contributed by atoms with Crippen LogP contribution in [0.25, 0.3) is 11.1 Å².